The van der Waals surface area contributed by atoms with Gasteiger partial charge in [0.25, 0.3) is 0 Å². The van der Waals surface area contributed by atoms with Crippen LogP contribution in [0.15, 0.2) is 30.3 Å². The lowest BCUT2D eigenvalue weighted by molar-refractivity contribution is -0.153. The van der Waals surface area contributed by atoms with Gasteiger partial charge in [-0.05, 0) is 30.8 Å². The third-order valence-electron chi connectivity index (χ3n) is 4.27. The zero-order valence-electron chi connectivity index (χ0n) is 15.1. The van der Waals surface area contributed by atoms with Gasteiger partial charge in [0.15, 0.2) is 0 Å². The highest BCUT2D eigenvalue weighted by Crippen LogP contribution is 2.29. The highest BCUT2D eigenvalue weighted by molar-refractivity contribution is 5.95. The summed E-state index contributed by atoms with van der Waals surface area (Å²) in [5.41, 5.74) is -0.403. The number of carbonyl (C=O) groups excluding carboxylic acids is 2. The molecule has 2 N–H and O–H groups in total. The summed E-state index contributed by atoms with van der Waals surface area (Å²) in [5, 5.41) is 11.6. The predicted octanol–water partition coefficient (Wildman–Crippen LogP) is 1.06. The third-order valence-corrected chi connectivity index (χ3v) is 4.27. The van der Waals surface area contributed by atoms with Crippen LogP contribution in [0.4, 0.5) is 13.2 Å². The van der Waals surface area contributed by atoms with Crippen LogP contribution in [0.5, 0.6) is 0 Å². The molecule has 1 aliphatic rings. The molecule has 1 fully saturated rings. The molecule has 1 heterocycles. The van der Waals surface area contributed by atoms with E-state index < -0.39 is 35.6 Å². The van der Waals surface area contributed by atoms with E-state index in [9.17, 15) is 32.7 Å². The number of rotatable bonds is 5. The van der Waals surface area contributed by atoms with Crippen molar-refractivity contribution in [3.63, 3.8) is 0 Å². The van der Waals surface area contributed by atoms with E-state index in [0.29, 0.717) is 12.1 Å². The van der Waals surface area contributed by atoms with E-state index in [4.69, 9.17) is 0 Å². The van der Waals surface area contributed by atoms with E-state index in [1.54, 1.807) is 11.9 Å². The highest BCUT2D eigenvalue weighted by atomic mass is 19.4. The summed E-state index contributed by atoms with van der Waals surface area (Å²) < 4.78 is 37.5. The average molecular weight is 399 g/mol. The zero-order valence-corrected chi connectivity index (χ0v) is 15.1. The second-order valence-electron chi connectivity index (χ2n) is 6.37. The predicted molar refractivity (Wildman–Crippen MR) is 94.1 cm³/mol. The smallest absolute Gasteiger partial charge is 0.416 e. The molecule has 10 heteroatoms. The van der Waals surface area contributed by atoms with Gasteiger partial charge in [0.05, 0.1) is 12.1 Å². The molecule has 0 saturated carbocycles. The largest absolute Gasteiger partial charge is 0.480 e. The summed E-state index contributed by atoms with van der Waals surface area (Å²) in [7, 11) is 1.76. The van der Waals surface area contributed by atoms with Crippen molar-refractivity contribution < 1.29 is 32.7 Å². The number of alkyl halides is 3. The first-order chi connectivity index (χ1) is 13.1. The van der Waals surface area contributed by atoms with Crippen molar-refractivity contribution in [3.05, 3.63) is 41.5 Å². The van der Waals surface area contributed by atoms with Gasteiger partial charge < -0.3 is 20.2 Å². The fourth-order valence-electron chi connectivity index (χ4n) is 2.71. The van der Waals surface area contributed by atoms with Gasteiger partial charge in [-0.15, -0.1) is 0 Å². The van der Waals surface area contributed by atoms with Crippen molar-refractivity contribution in [2.24, 2.45) is 0 Å². The first-order valence-corrected chi connectivity index (χ1v) is 8.42. The van der Waals surface area contributed by atoms with E-state index in [-0.39, 0.29) is 19.6 Å². The number of piperazine rings is 1. The number of nitrogens with one attached hydrogen (secondary N) is 1. The zero-order chi connectivity index (χ0) is 20.9. The molecule has 0 radical (unpaired) electrons. The van der Waals surface area contributed by atoms with Gasteiger partial charge in [-0.2, -0.15) is 13.2 Å². The molecule has 0 bridgehead atoms. The molecule has 2 rings (SSSR count). The van der Waals surface area contributed by atoms with Gasteiger partial charge in [0.1, 0.15) is 6.04 Å². The van der Waals surface area contributed by atoms with Crippen molar-refractivity contribution in [2.75, 3.05) is 33.2 Å². The quantitative estimate of drug-likeness (QED) is 0.723. The molecule has 1 aliphatic heterocycles. The summed E-state index contributed by atoms with van der Waals surface area (Å²) in [6, 6.07) is 3.27. The minimum absolute atomic E-state index is 0.197. The minimum atomic E-state index is -4.43. The van der Waals surface area contributed by atoms with E-state index in [2.05, 4.69) is 5.32 Å². The first-order valence-electron chi connectivity index (χ1n) is 8.42. The van der Waals surface area contributed by atoms with Gasteiger partial charge in [-0.1, -0.05) is 12.1 Å². The Morgan fingerprint density at radius 2 is 1.86 bits per heavy atom. The van der Waals surface area contributed by atoms with Crippen LogP contribution < -0.4 is 5.32 Å². The van der Waals surface area contributed by atoms with Gasteiger partial charge >= 0.3 is 12.1 Å². The first kappa shape index (κ1) is 21.4. The maximum atomic E-state index is 12.5. The number of aliphatic carboxylic acids is 1. The van der Waals surface area contributed by atoms with E-state index in [1.165, 1.54) is 23.1 Å². The molecule has 0 aromatic heterocycles. The molecule has 1 atom stereocenters. The van der Waals surface area contributed by atoms with Crippen LogP contribution in [0, 0.1) is 0 Å². The van der Waals surface area contributed by atoms with Crippen molar-refractivity contribution in [3.8, 4) is 0 Å². The Kier molecular flexibility index (Phi) is 6.79. The Labute approximate surface area is 159 Å². The topological polar surface area (TPSA) is 90.0 Å². The number of likely N-dealkylation sites (N-methyl/N-ethyl adjacent to an activating group) is 1. The number of hydrogen-bond acceptors (Lipinski definition) is 4. The van der Waals surface area contributed by atoms with Crippen molar-refractivity contribution in [2.45, 2.75) is 12.2 Å². The van der Waals surface area contributed by atoms with Gasteiger partial charge in [-0.25, -0.2) is 4.79 Å². The lowest BCUT2D eigenvalue weighted by Gasteiger charge is -2.37. The molecule has 0 spiro atoms. The Balaban J connectivity index is 1.88. The van der Waals surface area contributed by atoms with Crippen LogP contribution in [0.25, 0.3) is 6.08 Å². The Morgan fingerprint density at radius 3 is 2.43 bits per heavy atom. The van der Waals surface area contributed by atoms with Crippen molar-refractivity contribution >= 4 is 23.9 Å². The van der Waals surface area contributed by atoms with Gasteiger partial charge in [-0.3, -0.25) is 9.59 Å². The molecule has 1 aromatic rings. The van der Waals surface area contributed by atoms with E-state index in [1.807, 2.05) is 0 Å². The summed E-state index contributed by atoms with van der Waals surface area (Å²) in [6.07, 6.45) is -2.03. The van der Waals surface area contributed by atoms with Gasteiger partial charge in [0, 0.05) is 25.7 Å². The molecule has 1 aromatic carbocycles. The lowest BCUT2D eigenvalue weighted by Crippen LogP contribution is -2.58. The summed E-state index contributed by atoms with van der Waals surface area (Å²) in [6.45, 7) is 0.591. The van der Waals surface area contributed by atoms with E-state index in [0.717, 1.165) is 18.2 Å². The van der Waals surface area contributed by atoms with Crippen LogP contribution in [0.3, 0.4) is 0 Å². The minimum Gasteiger partial charge on any atom is -0.480 e. The molecule has 28 heavy (non-hydrogen) atoms. The second kappa shape index (κ2) is 8.87. The van der Waals surface area contributed by atoms with E-state index >= 15 is 0 Å². The molecular formula is C18H20F3N3O4. The normalized spacial score (nSPS) is 18.3. The molecular weight excluding hydrogens is 379 g/mol. The monoisotopic (exact) mass is 399 g/mol. The molecule has 152 valence electrons. The molecule has 0 unspecified atom stereocenters. The fraction of sp³-hybridized carbons (Fsp3) is 0.389. The molecule has 1 saturated heterocycles. The SMILES string of the molecule is CN1CCN(C(=O)CNC(=O)/C=C/c2ccc(C(F)(F)F)cc2)[C@@H](C(=O)O)C1. The number of halogens is 3. The number of hydrogen-bond donors (Lipinski definition) is 2. The number of carboxylic acid groups (broad SMARTS) is 1. The maximum Gasteiger partial charge on any atom is 0.416 e. The summed E-state index contributed by atoms with van der Waals surface area (Å²) in [5.74, 6) is -2.25. The summed E-state index contributed by atoms with van der Waals surface area (Å²) in [4.78, 5) is 38.4. The Hall–Kier alpha value is -2.88. The Morgan fingerprint density at radius 1 is 1.21 bits per heavy atom. The Bertz CT molecular complexity index is 762. The average Bonchev–Trinajstić information content (AvgIpc) is 2.63. The molecule has 0 aliphatic carbocycles. The van der Waals surface area contributed by atoms with Crippen molar-refractivity contribution in [1.29, 1.82) is 0 Å². The molecule has 7 nitrogen and oxygen atoms in total. The van der Waals surface area contributed by atoms with Crippen LogP contribution >= 0.6 is 0 Å². The van der Waals surface area contributed by atoms with Crippen LogP contribution in [0.1, 0.15) is 11.1 Å². The highest BCUT2D eigenvalue weighted by Gasteiger charge is 2.34. The van der Waals surface area contributed by atoms with Gasteiger partial charge in [0.2, 0.25) is 11.8 Å². The molecule has 2 amide bonds. The fourth-order valence-corrected chi connectivity index (χ4v) is 2.71. The number of benzene rings is 1. The number of carboxylic acids is 1. The third kappa shape index (κ3) is 5.81. The lowest BCUT2D eigenvalue weighted by atomic mass is 10.1. The number of carbonyl (C=O) groups is 3. The summed E-state index contributed by atoms with van der Waals surface area (Å²) >= 11 is 0. The standard InChI is InChI=1S/C18H20F3N3O4/c1-23-8-9-24(14(11-23)17(27)28)16(26)10-22-15(25)7-4-12-2-5-13(6-3-12)18(19,20)21/h2-7,14H,8-11H2,1H3,(H,22,25)(H,27,28)/b7-4+/t14-/m1/s1. The second-order valence-corrected chi connectivity index (χ2v) is 6.37. The number of amides is 2. The van der Waals surface area contributed by atoms with Crippen LogP contribution in [-0.2, 0) is 20.6 Å². The number of nitrogens with zero attached hydrogens (tertiary/aromatic N) is 2. The van der Waals surface area contributed by atoms with Crippen LogP contribution in [0.2, 0.25) is 0 Å². The van der Waals surface area contributed by atoms with Crippen LogP contribution in [-0.4, -0.2) is 72.0 Å². The van der Waals surface area contributed by atoms with Crippen molar-refractivity contribution in [1.82, 2.24) is 15.1 Å². The maximum absolute atomic E-state index is 12.5.